The van der Waals surface area contributed by atoms with Crippen molar-refractivity contribution in [3.63, 3.8) is 0 Å². The van der Waals surface area contributed by atoms with E-state index in [1.54, 1.807) is 0 Å². The number of rotatable bonds is 7. The van der Waals surface area contributed by atoms with Crippen molar-refractivity contribution in [3.05, 3.63) is 30.3 Å². The number of para-hydroxylation sites is 1. The third-order valence-electron chi connectivity index (χ3n) is 2.37. The van der Waals surface area contributed by atoms with Crippen LogP contribution in [0, 0.1) is 0 Å². The molecule has 0 aliphatic carbocycles. The normalized spacial score (nSPS) is 17.5. The number of carbonyl (C=O) groups is 1. The van der Waals surface area contributed by atoms with Crippen LogP contribution < -0.4 is 4.74 Å². The van der Waals surface area contributed by atoms with Gasteiger partial charge in [0, 0.05) is 6.42 Å². The maximum atomic E-state index is 11.3. The van der Waals surface area contributed by atoms with Crippen LogP contribution in [-0.4, -0.2) is 31.9 Å². The summed E-state index contributed by atoms with van der Waals surface area (Å²) in [6.07, 6.45) is 1.19. The summed E-state index contributed by atoms with van der Waals surface area (Å²) in [5, 5.41) is 0. The third-order valence-corrected chi connectivity index (χ3v) is 2.37. The number of hydrogen-bond acceptors (Lipinski definition) is 4. The van der Waals surface area contributed by atoms with Gasteiger partial charge in [0.25, 0.3) is 0 Å². The molecule has 1 aromatic rings. The summed E-state index contributed by atoms with van der Waals surface area (Å²) in [6.45, 7) is 1.63. The predicted octanol–water partition coefficient (Wildman–Crippen LogP) is 1.79. The molecule has 4 nitrogen and oxygen atoms in total. The van der Waals surface area contributed by atoms with Gasteiger partial charge in [0.15, 0.2) is 0 Å². The van der Waals surface area contributed by atoms with Crippen molar-refractivity contribution < 1.29 is 19.0 Å². The summed E-state index contributed by atoms with van der Waals surface area (Å²) in [7, 11) is 0. The molecule has 1 aromatic carbocycles. The van der Waals surface area contributed by atoms with Crippen molar-refractivity contribution >= 4 is 5.97 Å². The van der Waals surface area contributed by atoms with Gasteiger partial charge >= 0.3 is 5.97 Å². The zero-order valence-corrected chi connectivity index (χ0v) is 9.63. The molecule has 1 saturated heterocycles. The molecule has 2 rings (SSSR count). The molecule has 0 aromatic heterocycles. The number of hydrogen-bond donors (Lipinski definition) is 0. The predicted molar refractivity (Wildman–Crippen MR) is 61.9 cm³/mol. The van der Waals surface area contributed by atoms with E-state index in [1.807, 2.05) is 30.3 Å². The van der Waals surface area contributed by atoms with Crippen LogP contribution in [0.5, 0.6) is 5.75 Å². The molecule has 0 bridgehead atoms. The number of esters is 1. The van der Waals surface area contributed by atoms with E-state index in [1.165, 1.54) is 0 Å². The van der Waals surface area contributed by atoms with Gasteiger partial charge < -0.3 is 14.2 Å². The van der Waals surface area contributed by atoms with E-state index >= 15 is 0 Å². The lowest BCUT2D eigenvalue weighted by molar-refractivity contribution is -0.144. The highest BCUT2D eigenvalue weighted by Crippen LogP contribution is 2.10. The van der Waals surface area contributed by atoms with E-state index in [2.05, 4.69) is 0 Å². The highest BCUT2D eigenvalue weighted by atomic mass is 16.6. The molecular formula is C13H16O4. The van der Waals surface area contributed by atoms with Crippen molar-refractivity contribution in [2.75, 3.05) is 19.8 Å². The number of benzene rings is 1. The Kier molecular flexibility index (Phi) is 4.38. The van der Waals surface area contributed by atoms with Gasteiger partial charge in [-0.25, -0.2) is 0 Å². The van der Waals surface area contributed by atoms with Gasteiger partial charge in [-0.15, -0.1) is 0 Å². The summed E-state index contributed by atoms with van der Waals surface area (Å²) in [6, 6.07) is 9.55. The van der Waals surface area contributed by atoms with Gasteiger partial charge in [0.1, 0.15) is 18.5 Å². The van der Waals surface area contributed by atoms with Crippen molar-refractivity contribution in [2.45, 2.75) is 18.9 Å². The SMILES string of the molecule is O=C(CCCOc1ccccc1)OCC1CO1. The number of carbonyl (C=O) groups excluding carboxylic acids is 1. The molecule has 0 amide bonds. The minimum atomic E-state index is -0.183. The Labute approximate surface area is 100 Å². The average molecular weight is 236 g/mol. The molecule has 1 fully saturated rings. The van der Waals surface area contributed by atoms with E-state index in [-0.39, 0.29) is 12.1 Å². The topological polar surface area (TPSA) is 48.1 Å². The molecule has 0 N–H and O–H groups in total. The molecule has 17 heavy (non-hydrogen) atoms. The van der Waals surface area contributed by atoms with Crippen molar-refractivity contribution in [3.8, 4) is 5.75 Å². The molecule has 4 heteroatoms. The minimum Gasteiger partial charge on any atom is -0.494 e. The Bertz CT molecular complexity index is 346. The monoisotopic (exact) mass is 236 g/mol. The van der Waals surface area contributed by atoms with Crippen LogP contribution in [-0.2, 0) is 14.3 Å². The molecule has 0 spiro atoms. The van der Waals surface area contributed by atoms with Gasteiger partial charge in [-0.05, 0) is 18.6 Å². The van der Waals surface area contributed by atoms with Crippen LogP contribution in [0.2, 0.25) is 0 Å². The van der Waals surface area contributed by atoms with Gasteiger partial charge in [0.2, 0.25) is 0 Å². The maximum Gasteiger partial charge on any atom is 0.306 e. The van der Waals surface area contributed by atoms with E-state index < -0.39 is 0 Å². The highest BCUT2D eigenvalue weighted by Gasteiger charge is 2.23. The minimum absolute atomic E-state index is 0.138. The van der Waals surface area contributed by atoms with Crippen LogP contribution in [0.15, 0.2) is 30.3 Å². The lowest BCUT2D eigenvalue weighted by Gasteiger charge is -2.05. The summed E-state index contributed by atoms with van der Waals surface area (Å²) in [5.74, 6) is 0.643. The fourth-order valence-corrected chi connectivity index (χ4v) is 1.35. The molecule has 1 unspecified atom stereocenters. The second-order valence-electron chi connectivity index (χ2n) is 3.90. The molecule has 0 saturated carbocycles. The van der Waals surface area contributed by atoms with Crippen LogP contribution >= 0.6 is 0 Å². The maximum absolute atomic E-state index is 11.3. The zero-order valence-electron chi connectivity index (χ0n) is 9.63. The first-order chi connectivity index (χ1) is 8.34. The first kappa shape index (κ1) is 11.9. The summed E-state index contributed by atoms with van der Waals surface area (Å²) in [4.78, 5) is 11.3. The van der Waals surface area contributed by atoms with E-state index in [0.29, 0.717) is 32.7 Å². The Morgan fingerprint density at radius 2 is 2.12 bits per heavy atom. The Morgan fingerprint density at radius 1 is 1.35 bits per heavy atom. The lowest BCUT2D eigenvalue weighted by Crippen LogP contribution is -2.10. The first-order valence-corrected chi connectivity index (χ1v) is 5.79. The summed E-state index contributed by atoms with van der Waals surface area (Å²) < 4.78 is 15.4. The van der Waals surface area contributed by atoms with Crippen LogP contribution in [0.4, 0.5) is 0 Å². The van der Waals surface area contributed by atoms with Gasteiger partial charge in [0.05, 0.1) is 13.2 Å². The highest BCUT2D eigenvalue weighted by molar-refractivity contribution is 5.69. The van der Waals surface area contributed by atoms with Gasteiger partial charge in [-0.2, -0.15) is 0 Å². The van der Waals surface area contributed by atoms with Crippen LogP contribution in [0.1, 0.15) is 12.8 Å². The standard InChI is InChI=1S/C13H16O4/c14-13(17-10-12-9-16-12)7-4-8-15-11-5-2-1-3-6-11/h1-3,5-6,12H,4,7-10H2. The Hall–Kier alpha value is -1.55. The molecule has 92 valence electrons. The first-order valence-electron chi connectivity index (χ1n) is 5.79. The molecule has 1 heterocycles. The molecular weight excluding hydrogens is 220 g/mol. The number of epoxide rings is 1. The second kappa shape index (κ2) is 6.25. The molecule has 1 atom stereocenters. The summed E-state index contributed by atoms with van der Waals surface area (Å²) in [5.41, 5.74) is 0. The van der Waals surface area contributed by atoms with Crippen LogP contribution in [0.3, 0.4) is 0 Å². The van der Waals surface area contributed by atoms with Crippen LogP contribution in [0.25, 0.3) is 0 Å². The smallest absolute Gasteiger partial charge is 0.306 e. The fraction of sp³-hybridized carbons (Fsp3) is 0.462. The van der Waals surface area contributed by atoms with Gasteiger partial charge in [-0.1, -0.05) is 18.2 Å². The Balaban J connectivity index is 1.51. The van der Waals surface area contributed by atoms with E-state index in [4.69, 9.17) is 14.2 Å². The van der Waals surface area contributed by atoms with E-state index in [9.17, 15) is 4.79 Å². The lowest BCUT2D eigenvalue weighted by atomic mass is 10.3. The molecule has 1 aliphatic heterocycles. The third kappa shape index (κ3) is 4.87. The zero-order chi connectivity index (χ0) is 11.9. The second-order valence-corrected chi connectivity index (χ2v) is 3.90. The molecule has 0 radical (unpaired) electrons. The van der Waals surface area contributed by atoms with E-state index in [0.717, 1.165) is 5.75 Å². The average Bonchev–Trinajstić information content (AvgIpc) is 3.17. The van der Waals surface area contributed by atoms with Gasteiger partial charge in [-0.3, -0.25) is 4.79 Å². The quantitative estimate of drug-likeness (QED) is 0.411. The largest absolute Gasteiger partial charge is 0.494 e. The molecule has 1 aliphatic rings. The van der Waals surface area contributed by atoms with Crippen molar-refractivity contribution in [1.29, 1.82) is 0 Å². The van der Waals surface area contributed by atoms with Crippen molar-refractivity contribution in [1.82, 2.24) is 0 Å². The Morgan fingerprint density at radius 3 is 2.82 bits per heavy atom. The fourth-order valence-electron chi connectivity index (χ4n) is 1.35. The van der Waals surface area contributed by atoms with Crippen molar-refractivity contribution in [2.24, 2.45) is 0 Å². The summed E-state index contributed by atoms with van der Waals surface area (Å²) >= 11 is 0. The number of ether oxygens (including phenoxy) is 3.